The topological polar surface area (TPSA) is 100 Å². The van der Waals surface area contributed by atoms with Gasteiger partial charge in [0.1, 0.15) is 4.90 Å². The van der Waals surface area contributed by atoms with Gasteiger partial charge in [-0.1, -0.05) is 29.8 Å². The molecule has 152 valence electrons. The summed E-state index contributed by atoms with van der Waals surface area (Å²) in [7, 11) is -3.72. The molecule has 0 saturated carbocycles. The molecule has 0 aliphatic carbocycles. The van der Waals surface area contributed by atoms with Gasteiger partial charge < -0.3 is 0 Å². The summed E-state index contributed by atoms with van der Waals surface area (Å²) in [6.07, 6.45) is 3.12. The Morgan fingerprint density at radius 2 is 1.97 bits per heavy atom. The lowest BCUT2D eigenvalue weighted by atomic mass is 10.1. The van der Waals surface area contributed by atoms with Crippen LogP contribution < -0.4 is 5.56 Å². The molecule has 0 saturated heterocycles. The number of pyridine rings is 1. The molecule has 1 aliphatic rings. The van der Waals surface area contributed by atoms with Crippen LogP contribution in [0.4, 0.5) is 0 Å². The van der Waals surface area contributed by atoms with Crippen molar-refractivity contribution in [2.24, 2.45) is 0 Å². The van der Waals surface area contributed by atoms with Crippen LogP contribution in [0.3, 0.4) is 0 Å². The van der Waals surface area contributed by atoms with Crippen molar-refractivity contribution >= 4 is 27.3 Å². The first kappa shape index (κ1) is 19.0. The summed E-state index contributed by atoms with van der Waals surface area (Å²) in [6.45, 7) is 0.232. The largest absolute Gasteiger partial charge is 0.289 e. The Balaban J connectivity index is 1.57. The second kappa shape index (κ2) is 7.05. The van der Waals surface area contributed by atoms with Crippen molar-refractivity contribution in [1.29, 1.82) is 0 Å². The van der Waals surface area contributed by atoms with E-state index in [0.29, 0.717) is 27.6 Å². The van der Waals surface area contributed by atoms with E-state index >= 15 is 0 Å². The highest BCUT2D eigenvalue weighted by Gasteiger charge is 2.31. The Labute approximate surface area is 176 Å². The zero-order valence-electron chi connectivity index (χ0n) is 15.6. The molecule has 4 aromatic rings. The van der Waals surface area contributed by atoms with Crippen LogP contribution in [0, 0.1) is 0 Å². The van der Waals surface area contributed by atoms with Gasteiger partial charge >= 0.3 is 0 Å². The van der Waals surface area contributed by atoms with Crippen LogP contribution in [0.1, 0.15) is 11.3 Å². The molecule has 1 N–H and O–H groups in total. The summed E-state index contributed by atoms with van der Waals surface area (Å²) in [5.41, 5.74) is 2.57. The Kier molecular flexibility index (Phi) is 4.46. The van der Waals surface area contributed by atoms with Crippen molar-refractivity contribution in [3.8, 4) is 11.3 Å². The summed E-state index contributed by atoms with van der Waals surface area (Å²) in [5, 5.41) is 3.61. The highest BCUT2D eigenvalue weighted by Crippen LogP contribution is 2.28. The number of nitrogens with one attached hydrogen (secondary N) is 1. The Hall–Kier alpha value is -3.01. The van der Waals surface area contributed by atoms with Crippen LogP contribution in [-0.4, -0.2) is 38.8 Å². The number of hydrogen-bond donors (Lipinski definition) is 1. The average Bonchev–Trinajstić information content (AvgIpc) is 3.18. The first-order valence-corrected chi connectivity index (χ1v) is 11.1. The SMILES string of the molecule is O=c1c2c(nc3cc(-c4ccccc4Cl)[nH]n13)CN(S(=O)(=O)c1cccnc1)CC2. The van der Waals surface area contributed by atoms with E-state index < -0.39 is 10.0 Å². The van der Waals surface area contributed by atoms with E-state index in [1.54, 1.807) is 18.2 Å². The van der Waals surface area contributed by atoms with E-state index in [1.807, 2.05) is 18.2 Å². The van der Waals surface area contributed by atoms with E-state index in [0.717, 1.165) is 5.56 Å². The number of hydrogen-bond acceptors (Lipinski definition) is 5. The van der Waals surface area contributed by atoms with E-state index in [1.165, 1.54) is 27.3 Å². The van der Waals surface area contributed by atoms with Gasteiger partial charge in [0.05, 0.1) is 17.9 Å². The quantitative estimate of drug-likeness (QED) is 0.526. The van der Waals surface area contributed by atoms with Gasteiger partial charge in [0.25, 0.3) is 5.56 Å². The molecule has 0 amide bonds. The van der Waals surface area contributed by atoms with Crippen molar-refractivity contribution in [2.75, 3.05) is 6.54 Å². The summed E-state index contributed by atoms with van der Waals surface area (Å²) in [5.74, 6) is 0. The first-order valence-electron chi connectivity index (χ1n) is 9.24. The fourth-order valence-electron chi connectivity index (χ4n) is 3.64. The molecule has 0 atom stereocenters. The Bertz CT molecular complexity index is 1430. The van der Waals surface area contributed by atoms with Crippen LogP contribution in [-0.2, 0) is 23.0 Å². The number of sulfonamides is 1. The summed E-state index contributed by atoms with van der Waals surface area (Å²) in [6, 6.07) is 12.1. The van der Waals surface area contributed by atoms with Crippen molar-refractivity contribution in [1.82, 2.24) is 23.9 Å². The predicted octanol–water partition coefficient (Wildman–Crippen LogP) is 2.49. The maximum absolute atomic E-state index is 13.0. The Morgan fingerprint density at radius 3 is 2.73 bits per heavy atom. The third kappa shape index (κ3) is 3.02. The number of rotatable bonds is 3. The van der Waals surface area contributed by atoms with Crippen molar-refractivity contribution < 1.29 is 8.42 Å². The fraction of sp³-hybridized carbons (Fsp3) is 0.150. The molecule has 3 aromatic heterocycles. The lowest BCUT2D eigenvalue weighted by Crippen LogP contribution is -2.39. The maximum Gasteiger partial charge on any atom is 0.276 e. The number of fused-ring (bicyclic) bond motifs is 2. The molecule has 10 heteroatoms. The standard InChI is InChI=1S/C20H16ClN5O3S/c21-16-6-2-1-5-14(16)17-10-19-23-18-12-25(9-7-15(18)20(27)26(19)24-17)30(28,29)13-4-3-8-22-11-13/h1-6,8,10-11,24H,7,9,12H2. The van der Waals surface area contributed by atoms with Gasteiger partial charge in [0, 0.05) is 41.2 Å². The normalized spacial score (nSPS) is 14.7. The minimum atomic E-state index is -3.72. The lowest BCUT2D eigenvalue weighted by molar-refractivity contribution is 0.383. The van der Waals surface area contributed by atoms with Crippen molar-refractivity contribution in [3.05, 3.63) is 81.5 Å². The predicted molar refractivity (Wildman–Crippen MR) is 112 cm³/mol. The molecular formula is C20H16ClN5O3S. The minimum absolute atomic E-state index is 0.0326. The van der Waals surface area contributed by atoms with Gasteiger partial charge in [-0.15, -0.1) is 0 Å². The number of H-pyrrole nitrogens is 1. The molecule has 0 unspecified atom stereocenters. The van der Waals surface area contributed by atoms with E-state index in [9.17, 15) is 13.2 Å². The van der Waals surface area contributed by atoms with Crippen LogP contribution in [0.2, 0.25) is 5.02 Å². The third-order valence-electron chi connectivity index (χ3n) is 5.17. The molecule has 0 radical (unpaired) electrons. The molecule has 0 fully saturated rings. The van der Waals surface area contributed by atoms with Crippen molar-refractivity contribution in [3.63, 3.8) is 0 Å². The maximum atomic E-state index is 13.0. The molecule has 5 rings (SSSR count). The Morgan fingerprint density at radius 1 is 1.13 bits per heavy atom. The summed E-state index contributed by atoms with van der Waals surface area (Å²) >= 11 is 6.27. The van der Waals surface area contributed by atoms with Gasteiger partial charge in [-0.25, -0.2) is 17.9 Å². The van der Waals surface area contributed by atoms with E-state index in [-0.39, 0.29) is 30.0 Å². The van der Waals surface area contributed by atoms with Gasteiger partial charge in [0.2, 0.25) is 10.0 Å². The monoisotopic (exact) mass is 441 g/mol. The van der Waals surface area contributed by atoms with Crippen LogP contribution in [0.15, 0.2) is 64.5 Å². The average molecular weight is 442 g/mol. The fourth-order valence-corrected chi connectivity index (χ4v) is 5.25. The van der Waals surface area contributed by atoms with Crippen molar-refractivity contribution in [2.45, 2.75) is 17.9 Å². The molecule has 8 nitrogen and oxygen atoms in total. The molecule has 1 aliphatic heterocycles. The van der Waals surface area contributed by atoms with Crippen LogP contribution in [0.5, 0.6) is 0 Å². The third-order valence-corrected chi connectivity index (χ3v) is 7.33. The zero-order chi connectivity index (χ0) is 20.9. The molecule has 4 heterocycles. The van der Waals surface area contributed by atoms with Gasteiger partial charge in [-0.3, -0.25) is 14.9 Å². The number of halogens is 1. The minimum Gasteiger partial charge on any atom is -0.289 e. The highest BCUT2D eigenvalue weighted by molar-refractivity contribution is 7.89. The smallest absolute Gasteiger partial charge is 0.276 e. The van der Waals surface area contributed by atoms with Gasteiger partial charge in [-0.05, 0) is 24.6 Å². The second-order valence-electron chi connectivity index (χ2n) is 6.96. The first-order chi connectivity index (χ1) is 14.4. The van der Waals surface area contributed by atoms with Crippen LogP contribution >= 0.6 is 11.6 Å². The van der Waals surface area contributed by atoms with Gasteiger partial charge in [0.15, 0.2) is 5.65 Å². The number of nitrogens with zero attached hydrogens (tertiary/aromatic N) is 4. The molecule has 1 aromatic carbocycles. The molecule has 0 bridgehead atoms. The number of benzene rings is 1. The number of aromatic nitrogens is 4. The molecular weight excluding hydrogens is 426 g/mol. The lowest BCUT2D eigenvalue weighted by Gasteiger charge is -2.26. The second-order valence-corrected chi connectivity index (χ2v) is 9.31. The van der Waals surface area contributed by atoms with E-state index in [2.05, 4.69) is 15.1 Å². The van der Waals surface area contributed by atoms with Crippen LogP contribution in [0.25, 0.3) is 16.9 Å². The zero-order valence-corrected chi connectivity index (χ0v) is 17.2. The highest BCUT2D eigenvalue weighted by atomic mass is 35.5. The summed E-state index contributed by atoms with van der Waals surface area (Å²) in [4.78, 5) is 21.6. The molecule has 30 heavy (non-hydrogen) atoms. The summed E-state index contributed by atoms with van der Waals surface area (Å²) < 4.78 is 28.6. The van der Waals surface area contributed by atoms with Gasteiger partial charge in [-0.2, -0.15) is 4.31 Å². The van der Waals surface area contributed by atoms with E-state index in [4.69, 9.17) is 11.6 Å². The molecule has 0 spiro atoms. The number of aromatic amines is 1.